The van der Waals surface area contributed by atoms with Crippen molar-refractivity contribution in [2.24, 2.45) is 0 Å². The van der Waals surface area contributed by atoms with E-state index < -0.39 is 0 Å². The fraction of sp³-hybridized carbons (Fsp3) is 0.455. The van der Waals surface area contributed by atoms with Crippen LogP contribution < -0.4 is 5.32 Å². The number of hydrogen-bond donors (Lipinski definition) is 1. The van der Waals surface area contributed by atoms with Crippen LogP contribution in [-0.2, 0) is 12.2 Å². The summed E-state index contributed by atoms with van der Waals surface area (Å²) in [6, 6.07) is 6.82. The van der Waals surface area contributed by atoms with E-state index in [0.29, 0.717) is 0 Å². The van der Waals surface area contributed by atoms with Crippen LogP contribution in [-0.4, -0.2) is 12.8 Å². The highest BCUT2D eigenvalue weighted by Crippen LogP contribution is 2.24. The highest BCUT2D eigenvalue weighted by molar-refractivity contribution is 7.97. The average Bonchev–Trinajstić information content (AvgIpc) is 2.18. The molecule has 0 spiro atoms. The lowest BCUT2D eigenvalue weighted by atomic mass is 10.0. The van der Waals surface area contributed by atoms with Crippen molar-refractivity contribution in [2.45, 2.75) is 18.6 Å². The molecule has 2 rings (SSSR count). The van der Waals surface area contributed by atoms with Gasteiger partial charge in [-0.1, -0.05) is 12.1 Å². The van der Waals surface area contributed by atoms with E-state index in [0.717, 1.165) is 12.3 Å². The van der Waals surface area contributed by atoms with E-state index in [2.05, 4.69) is 29.8 Å². The van der Waals surface area contributed by atoms with Crippen molar-refractivity contribution < 1.29 is 0 Å². The molecular weight excluding hydrogens is 178 g/mol. The molecule has 70 valence electrons. The lowest BCUT2D eigenvalue weighted by Gasteiger charge is -2.18. The van der Waals surface area contributed by atoms with Crippen molar-refractivity contribution in [3.05, 3.63) is 29.3 Å². The fourth-order valence-corrected chi connectivity index (χ4v) is 2.28. The predicted molar refractivity (Wildman–Crippen MR) is 60.5 cm³/mol. The molecule has 1 N–H and O–H groups in total. The van der Waals surface area contributed by atoms with Gasteiger partial charge >= 0.3 is 0 Å². The molecule has 0 unspecified atom stereocenters. The molecule has 1 heterocycles. The summed E-state index contributed by atoms with van der Waals surface area (Å²) in [7, 11) is 0. The van der Waals surface area contributed by atoms with Crippen molar-refractivity contribution in [1.29, 1.82) is 0 Å². The molecule has 0 radical (unpaired) electrons. The minimum atomic E-state index is 1.12. The van der Waals surface area contributed by atoms with Crippen LogP contribution in [0.15, 0.2) is 18.2 Å². The van der Waals surface area contributed by atoms with Gasteiger partial charge in [0.1, 0.15) is 0 Å². The molecular formula is C11H15NS. The number of nitrogens with one attached hydrogen (secondary N) is 1. The van der Waals surface area contributed by atoms with E-state index in [9.17, 15) is 0 Å². The third-order valence-electron chi connectivity index (χ3n) is 2.42. The summed E-state index contributed by atoms with van der Waals surface area (Å²) in [5.74, 6) is 1.12. The molecule has 0 aliphatic carbocycles. The van der Waals surface area contributed by atoms with Crippen molar-refractivity contribution in [3.8, 4) is 0 Å². The second kappa shape index (κ2) is 4.05. The average molecular weight is 193 g/mol. The van der Waals surface area contributed by atoms with Gasteiger partial charge in [0.2, 0.25) is 0 Å². The number of benzene rings is 1. The minimum Gasteiger partial charge on any atom is -0.385 e. The van der Waals surface area contributed by atoms with Gasteiger partial charge in [-0.15, -0.1) is 0 Å². The lowest BCUT2D eigenvalue weighted by Crippen LogP contribution is -2.11. The summed E-state index contributed by atoms with van der Waals surface area (Å²) in [6.45, 7) is 1.13. The molecule has 2 heteroatoms. The molecule has 0 saturated heterocycles. The maximum absolute atomic E-state index is 3.45. The number of fused-ring (bicyclic) bond motifs is 1. The van der Waals surface area contributed by atoms with E-state index >= 15 is 0 Å². The number of aryl methyl sites for hydroxylation is 1. The maximum Gasteiger partial charge on any atom is 0.0375 e. The summed E-state index contributed by atoms with van der Waals surface area (Å²) in [5, 5.41) is 3.45. The Bertz CT molecular complexity index is 296. The Morgan fingerprint density at radius 3 is 3.23 bits per heavy atom. The van der Waals surface area contributed by atoms with Crippen LogP contribution in [0.3, 0.4) is 0 Å². The Morgan fingerprint density at radius 1 is 1.46 bits per heavy atom. The predicted octanol–water partition coefficient (Wildman–Crippen LogP) is 2.91. The summed E-state index contributed by atoms with van der Waals surface area (Å²) >= 11 is 1.88. The van der Waals surface area contributed by atoms with Gasteiger partial charge in [0.25, 0.3) is 0 Å². The van der Waals surface area contributed by atoms with Crippen LogP contribution in [0, 0.1) is 0 Å². The third kappa shape index (κ3) is 1.99. The van der Waals surface area contributed by atoms with E-state index in [1.54, 1.807) is 0 Å². The summed E-state index contributed by atoms with van der Waals surface area (Å²) in [5.41, 5.74) is 4.27. The van der Waals surface area contributed by atoms with Crippen LogP contribution in [0.4, 0.5) is 5.69 Å². The molecule has 0 saturated carbocycles. The van der Waals surface area contributed by atoms with Crippen LogP contribution >= 0.6 is 11.8 Å². The molecule has 1 aliphatic rings. The molecule has 0 fully saturated rings. The Labute approximate surface area is 83.9 Å². The first-order valence-electron chi connectivity index (χ1n) is 4.75. The van der Waals surface area contributed by atoms with Crippen molar-refractivity contribution in [2.75, 3.05) is 18.1 Å². The first-order valence-corrected chi connectivity index (χ1v) is 6.14. The van der Waals surface area contributed by atoms with Crippen LogP contribution in [0.1, 0.15) is 17.5 Å². The van der Waals surface area contributed by atoms with Crippen LogP contribution in [0.2, 0.25) is 0 Å². The summed E-state index contributed by atoms with van der Waals surface area (Å²) in [6.07, 6.45) is 4.66. The zero-order valence-corrected chi connectivity index (χ0v) is 8.79. The highest BCUT2D eigenvalue weighted by Gasteiger charge is 2.07. The molecule has 0 amide bonds. The minimum absolute atomic E-state index is 1.12. The molecule has 13 heavy (non-hydrogen) atoms. The fourth-order valence-electron chi connectivity index (χ4n) is 1.76. The molecule has 1 aromatic carbocycles. The van der Waals surface area contributed by atoms with Crippen LogP contribution in [0.5, 0.6) is 0 Å². The zero-order chi connectivity index (χ0) is 9.10. The van der Waals surface area contributed by atoms with E-state index in [4.69, 9.17) is 0 Å². The van der Waals surface area contributed by atoms with Gasteiger partial charge < -0.3 is 5.32 Å². The number of thioether (sulfide) groups is 1. The summed E-state index contributed by atoms with van der Waals surface area (Å²) in [4.78, 5) is 0. The quantitative estimate of drug-likeness (QED) is 0.775. The standard InChI is InChI=1S/C11H15NS/c1-13-8-9-4-5-10-3-2-6-12-11(10)7-9/h4-5,7,12H,2-3,6,8H2,1H3. The van der Waals surface area contributed by atoms with Gasteiger partial charge in [0.15, 0.2) is 0 Å². The number of rotatable bonds is 2. The molecule has 0 bridgehead atoms. The summed E-state index contributed by atoms with van der Waals surface area (Å²) < 4.78 is 0. The van der Waals surface area contributed by atoms with Gasteiger partial charge in [0.05, 0.1) is 0 Å². The molecule has 1 aromatic rings. The largest absolute Gasteiger partial charge is 0.385 e. The Hall–Kier alpha value is -0.630. The topological polar surface area (TPSA) is 12.0 Å². The lowest BCUT2D eigenvalue weighted by molar-refractivity contribution is 0.829. The van der Waals surface area contributed by atoms with Gasteiger partial charge in [-0.05, 0) is 36.3 Å². The normalized spacial score (nSPS) is 14.8. The van der Waals surface area contributed by atoms with E-state index in [1.807, 2.05) is 11.8 Å². The Kier molecular flexibility index (Phi) is 2.79. The number of anilines is 1. The SMILES string of the molecule is CSCc1ccc2c(c1)NCCC2. The molecule has 0 atom stereocenters. The Morgan fingerprint density at radius 2 is 2.38 bits per heavy atom. The van der Waals surface area contributed by atoms with Crippen LogP contribution in [0.25, 0.3) is 0 Å². The van der Waals surface area contributed by atoms with E-state index in [-0.39, 0.29) is 0 Å². The van der Waals surface area contributed by atoms with Gasteiger partial charge in [-0.25, -0.2) is 0 Å². The molecule has 0 aromatic heterocycles. The van der Waals surface area contributed by atoms with Crippen molar-refractivity contribution in [1.82, 2.24) is 0 Å². The highest BCUT2D eigenvalue weighted by atomic mass is 32.2. The third-order valence-corrected chi connectivity index (χ3v) is 3.05. The first kappa shape index (κ1) is 8.95. The van der Waals surface area contributed by atoms with Crippen molar-refractivity contribution >= 4 is 17.4 Å². The Balaban J connectivity index is 2.24. The van der Waals surface area contributed by atoms with Gasteiger partial charge in [0, 0.05) is 18.0 Å². The first-order chi connectivity index (χ1) is 6.40. The second-order valence-corrected chi connectivity index (χ2v) is 4.32. The van der Waals surface area contributed by atoms with Gasteiger partial charge in [-0.2, -0.15) is 11.8 Å². The van der Waals surface area contributed by atoms with Gasteiger partial charge in [-0.3, -0.25) is 0 Å². The zero-order valence-electron chi connectivity index (χ0n) is 7.97. The molecule has 1 aliphatic heterocycles. The smallest absolute Gasteiger partial charge is 0.0375 e. The van der Waals surface area contributed by atoms with Crippen molar-refractivity contribution in [3.63, 3.8) is 0 Å². The maximum atomic E-state index is 3.45. The molecule has 1 nitrogen and oxygen atoms in total. The second-order valence-electron chi connectivity index (χ2n) is 3.45. The number of hydrogen-bond acceptors (Lipinski definition) is 2. The monoisotopic (exact) mass is 193 g/mol. The van der Waals surface area contributed by atoms with E-state index in [1.165, 1.54) is 29.7 Å².